The molecule has 1 fully saturated rings. The molecule has 0 aromatic heterocycles. The van der Waals surface area contributed by atoms with Gasteiger partial charge in [-0.3, -0.25) is 9.59 Å². The highest BCUT2D eigenvalue weighted by Gasteiger charge is 2.54. The molecule has 0 radical (unpaired) electrons. The molecule has 0 bridgehead atoms. The number of esters is 1. The number of halogens is 3. The maximum atomic E-state index is 13.4. The molecule has 7 nitrogen and oxygen atoms in total. The van der Waals surface area contributed by atoms with Crippen LogP contribution in [0.5, 0.6) is 17.2 Å². The second kappa shape index (κ2) is 8.25. The summed E-state index contributed by atoms with van der Waals surface area (Å²) in [7, 11) is 1.49. The Morgan fingerprint density at radius 1 is 1.19 bits per heavy atom. The van der Waals surface area contributed by atoms with Gasteiger partial charge >= 0.3 is 12.3 Å². The standard InChI is InChI=1S/C22H20F3NO6/c1-3-30-21(28)15-11-26(18-13-9-8-12(29-2)10-17(13)31-19(15)18)20(27)14-6-4-5-7-16(14)32-22(23,24)25/h4-10,15,18-19H,3,11H2,1-2H3/t15-,18+,19+/m1/s1. The molecule has 1 amide bonds. The van der Waals surface area contributed by atoms with Gasteiger partial charge in [-0.25, -0.2) is 0 Å². The Morgan fingerprint density at radius 3 is 2.62 bits per heavy atom. The minimum absolute atomic E-state index is 0.0706. The molecule has 2 aliphatic rings. The number of hydrogen-bond acceptors (Lipinski definition) is 6. The van der Waals surface area contributed by atoms with Gasteiger partial charge in [0.05, 0.1) is 25.3 Å². The van der Waals surface area contributed by atoms with E-state index >= 15 is 0 Å². The number of para-hydroxylation sites is 1. The molecular formula is C22H20F3NO6. The van der Waals surface area contributed by atoms with Gasteiger partial charge in [0.25, 0.3) is 5.91 Å². The number of hydrogen-bond donors (Lipinski definition) is 0. The minimum Gasteiger partial charge on any atom is -0.497 e. The third kappa shape index (κ3) is 3.92. The van der Waals surface area contributed by atoms with Crippen molar-refractivity contribution in [3.8, 4) is 17.2 Å². The summed E-state index contributed by atoms with van der Waals surface area (Å²) in [5.41, 5.74) is 0.361. The van der Waals surface area contributed by atoms with Crippen LogP contribution in [0.15, 0.2) is 42.5 Å². The van der Waals surface area contributed by atoms with Gasteiger partial charge in [-0.1, -0.05) is 12.1 Å². The summed E-state index contributed by atoms with van der Waals surface area (Å²) in [6.07, 6.45) is -5.70. The largest absolute Gasteiger partial charge is 0.573 e. The van der Waals surface area contributed by atoms with E-state index in [0.29, 0.717) is 17.1 Å². The third-order valence-electron chi connectivity index (χ3n) is 5.43. The number of amides is 1. The van der Waals surface area contributed by atoms with E-state index in [4.69, 9.17) is 14.2 Å². The fourth-order valence-corrected chi connectivity index (χ4v) is 4.13. The van der Waals surface area contributed by atoms with Crippen molar-refractivity contribution in [2.45, 2.75) is 25.4 Å². The van der Waals surface area contributed by atoms with Gasteiger partial charge in [0.2, 0.25) is 0 Å². The van der Waals surface area contributed by atoms with Crippen LogP contribution >= 0.6 is 0 Å². The number of nitrogens with zero attached hydrogens (tertiary/aromatic N) is 1. The number of benzene rings is 2. The van der Waals surface area contributed by atoms with Crippen LogP contribution in [0.25, 0.3) is 0 Å². The third-order valence-corrected chi connectivity index (χ3v) is 5.43. The van der Waals surface area contributed by atoms with Crippen LogP contribution in [-0.4, -0.2) is 49.5 Å². The topological polar surface area (TPSA) is 74.3 Å². The van der Waals surface area contributed by atoms with Crippen LogP contribution in [0.2, 0.25) is 0 Å². The summed E-state index contributed by atoms with van der Waals surface area (Å²) in [5, 5.41) is 0. The van der Waals surface area contributed by atoms with Crippen molar-refractivity contribution < 1.29 is 41.7 Å². The molecule has 2 aliphatic heterocycles. The van der Waals surface area contributed by atoms with Crippen LogP contribution in [0.1, 0.15) is 28.9 Å². The second-order valence-corrected chi connectivity index (χ2v) is 7.29. The van der Waals surface area contributed by atoms with Crippen molar-refractivity contribution in [3.05, 3.63) is 53.6 Å². The summed E-state index contributed by atoms with van der Waals surface area (Å²) in [4.78, 5) is 27.3. The maximum Gasteiger partial charge on any atom is 0.573 e. The van der Waals surface area contributed by atoms with Crippen LogP contribution in [0.4, 0.5) is 13.2 Å². The molecule has 0 spiro atoms. The number of carbonyl (C=O) groups excluding carboxylic acids is 2. The summed E-state index contributed by atoms with van der Waals surface area (Å²) in [5.74, 6) is -1.71. The molecule has 0 N–H and O–H groups in total. The lowest BCUT2D eigenvalue weighted by molar-refractivity contribution is -0.274. The Balaban J connectivity index is 1.73. The number of fused-ring (bicyclic) bond motifs is 3. The Labute approximate surface area is 181 Å². The zero-order chi connectivity index (χ0) is 23.0. The minimum atomic E-state index is -4.96. The van der Waals surface area contributed by atoms with Gasteiger partial charge in [-0.2, -0.15) is 0 Å². The molecule has 4 rings (SSSR count). The highest BCUT2D eigenvalue weighted by atomic mass is 19.4. The number of likely N-dealkylation sites (tertiary alicyclic amines) is 1. The molecular weight excluding hydrogens is 431 g/mol. The second-order valence-electron chi connectivity index (χ2n) is 7.29. The van der Waals surface area contributed by atoms with E-state index in [-0.39, 0.29) is 18.7 Å². The number of alkyl halides is 3. The molecule has 170 valence electrons. The molecule has 1 saturated heterocycles. The van der Waals surface area contributed by atoms with Crippen molar-refractivity contribution in [3.63, 3.8) is 0 Å². The van der Waals surface area contributed by atoms with E-state index < -0.39 is 42.1 Å². The van der Waals surface area contributed by atoms with Gasteiger partial charge in [0, 0.05) is 18.2 Å². The lowest BCUT2D eigenvalue weighted by Crippen LogP contribution is -2.33. The summed E-state index contributed by atoms with van der Waals surface area (Å²) in [6, 6.07) is 9.46. The first kappa shape index (κ1) is 21.8. The quantitative estimate of drug-likeness (QED) is 0.645. The summed E-state index contributed by atoms with van der Waals surface area (Å²) >= 11 is 0. The van der Waals surface area contributed by atoms with Crippen LogP contribution in [0.3, 0.4) is 0 Å². The highest BCUT2D eigenvalue weighted by Crippen LogP contribution is 2.49. The maximum absolute atomic E-state index is 13.4. The number of carbonyl (C=O) groups is 2. The monoisotopic (exact) mass is 451 g/mol. The summed E-state index contributed by atoms with van der Waals surface area (Å²) < 4.78 is 59.0. The zero-order valence-corrected chi connectivity index (χ0v) is 17.2. The molecule has 10 heteroatoms. The molecule has 0 unspecified atom stereocenters. The predicted octanol–water partition coefficient (Wildman–Crippen LogP) is 3.73. The molecule has 0 aliphatic carbocycles. The average Bonchev–Trinajstić information content (AvgIpc) is 3.29. The van der Waals surface area contributed by atoms with Gasteiger partial charge in [-0.05, 0) is 31.2 Å². The van der Waals surface area contributed by atoms with Gasteiger partial charge in [-0.15, -0.1) is 13.2 Å². The first-order valence-corrected chi connectivity index (χ1v) is 9.90. The summed E-state index contributed by atoms with van der Waals surface area (Å²) in [6.45, 7) is 1.73. The number of rotatable bonds is 5. The molecule has 3 atom stereocenters. The first-order chi connectivity index (χ1) is 15.2. The average molecular weight is 451 g/mol. The Kier molecular flexibility index (Phi) is 5.62. The van der Waals surface area contributed by atoms with E-state index in [2.05, 4.69) is 4.74 Å². The van der Waals surface area contributed by atoms with E-state index in [9.17, 15) is 22.8 Å². The lowest BCUT2D eigenvalue weighted by atomic mass is 9.98. The van der Waals surface area contributed by atoms with E-state index in [1.807, 2.05) is 0 Å². The number of methoxy groups -OCH3 is 1. The SMILES string of the molecule is CCOC(=O)[C@@H]1CN(C(=O)c2ccccc2OC(F)(F)F)[C@H]2c3ccc(OC)cc3O[C@@H]12. The Morgan fingerprint density at radius 2 is 1.94 bits per heavy atom. The fourth-order valence-electron chi connectivity index (χ4n) is 4.13. The lowest BCUT2D eigenvalue weighted by Gasteiger charge is -2.24. The molecule has 2 aromatic carbocycles. The highest BCUT2D eigenvalue weighted by molar-refractivity contribution is 5.98. The van der Waals surface area contributed by atoms with Crippen molar-refractivity contribution in [2.24, 2.45) is 5.92 Å². The van der Waals surface area contributed by atoms with Crippen molar-refractivity contribution >= 4 is 11.9 Å². The normalized spacial score (nSPS) is 21.4. The van der Waals surface area contributed by atoms with E-state index in [1.165, 1.54) is 30.2 Å². The molecule has 2 heterocycles. The van der Waals surface area contributed by atoms with E-state index in [0.717, 1.165) is 6.07 Å². The van der Waals surface area contributed by atoms with Crippen LogP contribution < -0.4 is 14.2 Å². The van der Waals surface area contributed by atoms with Crippen molar-refractivity contribution in [1.29, 1.82) is 0 Å². The zero-order valence-electron chi connectivity index (χ0n) is 17.2. The first-order valence-electron chi connectivity index (χ1n) is 9.90. The molecule has 0 saturated carbocycles. The van der Waals surface area contributed by atoms with Crippen molar-refractivity contribution in [2.75, 3.05) is 20.3 Å². The predicted molar refractivity (Wildman–Crippen MR) is 104 cm³/mol. The Bertz CT molecular complexity index is 1040. The Hall–Kier alpha value is -3.43. The fraction of sp³-hybridized carbons (Fsp3) is 0.364. The molecule has 32 heavy (non-hydrogen) atoms. The van der Waals surface area contributed by atoms with Gasteiger partial charge in [0.15, 0.2) is 0 Å². The van der Waals surface area contributed by atoms with Crippen LogP contribution in [0, 0.1) is 5.92 Å². The van der Waals surface area contributed by atoms with Gasteiger partial charge < -0.3 is 23.8 Å². The van der Waals surface area contributed by atoms with Gasteiger partial charge in [0.1, 0.15) is 29.3 Å². The number of ether oxygens (including phenoxy) is 4. The molecule has 2 aromatic rings. The smallest absolute Gasteiger partial charge is 0.497 e. The van der Waals surface area contributed by atoms with Crippen molar-refractivity contribution in [1.82, 2.24) is 4.90 Å². The van der Waals surface area contributed by atoms with Crippen LogP contribution in [-0.2, 0) is 9.53 Å². The van der Waals surface area contributed by atoms with E-state index in [1.54, 1.807) is 25.1 Å².